The third-order valence-corrected chi connectivity index (χ3v) is 10.2. The fraction of sp³-hybridized carbons (Fsp3) is 0.676. The van der Waals surface area contributed by atoms with Crippen LogP contribution in [-0.4, -0.2) is 141 Å². The molecule has 0 radical (unpaired) electrons. The Hall–Kier alpha value is -3.02. The lowest BCUT2D eigenvalue weighted by atomic mass is 9.85. The number of rotatable bonds is 20. The van der Waals surface area contributed by atoms with Crippen LogP contribution in [0.2, 0.25) is 0 Å². The molecule has 52 heavy (non-hydrogen) atoms. The number of aliphatic hydroxyl groups excluding tert-OH is 1. The summed E-state index contributed by atoms with van der Waals surface area (Å²) in [6.07, 6.45) is 1.35. The van der Waals surface area contributed by atoms with Crippen molar-refractivity contribution in [2.45, 2.75) is 77.7 Å². The van der Waals surface area contributed by atoms with Crippen molar-refractivity contribution in [3.8, 4) is 10.4 Å². The first-order valence-electron chi connectivity index (χ1n) is 18.3. The van der Waals surface area contributed by atoms with Crippen molar-refractivity contribution in [3.05, 3.63) is 41.0 Å². The fourth-order valence-corrected chi connectivity index (χ4v) is 6.99. The molecule has 14 nitrogen and oxygen atoms in total. The van der Waals surface area contributed by atoms with Gasteiger partial charge in [-0.1, -0.05) is 45.0 Å². The first kappa shape index (κ1) is 41.7. The van der Waals surface area contributed by atoms with Gasteiger partial charge in [-0.25, -0.2) is 4.98 Å². The number of nitrogens with two attached hydrogens (primary N) is 1. The lowest BCUT2D eigenvalue weighted by Crippen LogP contribution is -2.58. The van der Waals surface area contributed by atoms with Crippen molar-refractivity contribution in [2.75, 3.05) is 79.0 Å². The van der Waals surface area contributed by atoms with E-state index < -0.39 is 35.4 Å². The normalized spacial score (nSPS) is 19.2. The molecule has 3 atom stereocenters. The summed E-state index contributed by atoms with van der Waals surface area (Å²) < 4.78 is 22.2. The van der Waals surface area contributed by atoms with Crippen LogP contribution in [0.15, 0.2) is 29.8 Å². The zero-order valence-corrected chi connectivity index (χ0v) is 32.0. The highest BCUT2D eigenvalue weighted by Gasteiger charge is 2.44. The van der Waals surface area contributed by atoms with E-state index in [4.69, 9.17) is 24.7 Å². The van der Waals surface area contributed by atoms with Crippen LogP contribution < -0.4 is 16.4 Å². The molecule has 4 rings (SSSR count). The van der Waals surface area contributed by atoms with Crippen LogP contribution in [0.3, 0.4) is 0 Å². The molecule has 0 saturated carbocycles. The predicted molar refractivity (Wildman–Crippen MR) is 199 cm³/mol. The molecular formula is C37H58N6O8S. The summed E-state index contributed by atoms with van der Waals surface area (Å²) in [5.74, 6) is -1.25. The van der Waals surface area contributed by atoms with E-state index >= 15 is 0 Å². The first-order valence-corrected chi connectivity index (χ1v) is 19.1. The molecular weight excluding hydrogens is 689 g/mol. The lowest BCUT2D eigenvalue weighted by molar-refractivity contribution is -0.144. The van der Waals surface area contributed by atoms with Crippen molar-refractivity contribution in [1.29, 1.82) is 0 Å². The lowest BCUT2D eigenvalue weighted by Gasteiger charge is -2.35. The molecule has 2 aliphatic rings. The van der Waals surface area contributed by atoms with Gasteiger partial charge < -0.3 is 50.2 Å². The largest absolute Gasteiger partial charge is 0.391 e. The number of aliphatic hydroxyl groups is 1. The minimum atomic E-state index is -0.937. The summed E-state index contributed by atoms with van der Waals surface area (Å²) in [7, 11) is 0. The number of amides is 3. The van der Waals surface area contributed by atoms with Crippen LogP contribution in [0.4, 0.5) is 0 Å². The standard InChI is InChI=1S/C37H58N6O8S/c1-26-33(52-25-40-26)28-7-5-27(6-8-28)22-39-35(46)31-21-30(44)23-43(31)36(47)34(37(2,3)4)41-32(45)24-51-20-19-50-18-17-49-16-15-48-14-13-42-11-9-29(38)10-12-42/h5-8,25,29-31,34,44H,9-24,38H2,1-4H3,(H,39,46)(H,41,45). The number of hydrogen-bond acceptors (Lipinski definition) is 12. The third kappa shape index (κ3) is 13.4. The van der Waals surface area contributed by atoms with Crippen LogP contribution in [0, 0.1) is 12.3 Å². The van der Waals surface area contributed by atoms with E-state index in [1.165, 1.54) is 4.90 Å². The number of likely N-dealkylation sites (tertiary alicyclic amines) is 2. The SMILES string of the molecule is Cc1ncsc1-c1ccc(CNC(=O)C2CC(O)CN2C(=O)C(NC(=O)COCCOCCOCCOCCN2CCC(N)CC2)C(C)(C)C)cc1. The Bertz CT molecular complexity index is 1400. The number of carbonyl (C=O) groups excluding carboxylic acids is 3. The molecule has 290 valence electrons. The van der Waals surface area contributed by atoms with Crippen LogP contribution >= 0.6 is 11.3 Å². The molecule has 2 aromatic rings. The molecule has 0 aliphatic carbocycles. The number of ether oxygens (including phenoxy) is 4. The summed E-state index contributed by atoms with van der Waals surface area (Å²) >= 11 is 1.58. The van der Waals surface area contributed by atoms with Crippen molar-refractivity contribution >= 4 is 29.1 Å². The Balaban J connectivity index is 1.11. The van der Waals surface area contributed by atoms with Gasteiger partial charge in [0.15, 0.2) is 0 Å². The second-order valence-corrected chi connectivity index (χ2v) is 15.4. The number of thiazole rings is 1. The van der Waals surface area contributed by atoms with E-state index in [0.717, 1.165) is 54.2 Å². The number of carbonyl (C=O) groups is 3. The maximum atomic E-state index is 13.8. The number of piperidine rings is 1. The van der Waals surface area contributed by atoms with E-state index in [-0.39, 0.29) is 45.2 Å². The van der Waals surface area contributed by atoms with Crippen molar-refractivity contribution in [2.24, 2.45) is 11.1 Å². The zero-order chi connectivity index (χ0) is 37.5. The molecule has 5 N–H and O–H groups in total. The highest BCUT2D eigenvalue weighted by molar-refractivity contribution is 7.13. The van der Waals surface area contributed by atoms with Gasteiger partial charge in [-0.2, -0.15) is 0 Å². The molecule has 2 fully saturated rings. The second kappa shape index (κ2) is 21.0. The van der Waals surface area contributed by atoms with Crippen LogP contribution in [-0.2, 0) is 39.9 Å². The third-order valence-electron chi connectivity index (χ3n) is 9.24. The fourth-order valence-electron chi connectivity index (χ4n) is 6.18. The topological polar surface area (TPSA) is 178 Å². The molecule has 3 heterocycles. The summed E-state index contributed by atoms with van der Waals surface area (Å²) in [5.41, 5.74) is 10.0. The van der Waals surface area contributed by atoms with E-state index in [0.29, 0.717) is 39.1 Å². The Morgan fingerprint density at radius 3 is 2.19 bits per heavy atom. The first-order chi connectivity index (χ1) is 24.9. The number of nitrogens with zero attached hydrogens (tertiary/aromatic N) is 3. The number of benzene rings is 1. The second-order valence-electron chi connectivity index (χ2n) is 14.5. The van der Waals surface area contributed by atoms with Gasteiger partial charge >= 0.3 is 0 Å². The zero-order valence-electron chi connectivity index (χ0n) is 31.1. The van der Waals surface area contributed by atoms with Crippen LogP contribution in [0.25, 0.3) is 10.4 Å². The summed E-state index contributed by atoms with van der Waals surface area (Å²) in [6, 6.07) is 6.41. The molecule has 3 amide bonds. The van der Waals surface area contributed by atoms with Gasteiger partial charge in [-0.05, 0) is 49.4 Å². The number of aryl methyl sites for hydroxylation is 1. The molecule has 2 aliphatic heterocycles. The Morgan fingerprint density at radius 1 is 0.981 bits per heavy atom. The monoisotopic (exact) mass is 746 g/mol. The van der Waals surface area contributed by atoms with E-state index in [1.807, 2.05) is 57.5 Å². The minimum Gasteiger partial charge on any atom is -0.391 e. The van der Waals surface area contributed by atoms with Gasteiger partial charge in [0, 0.05) is 32.1 Å². The number of aromatic nitrogens is 1. The van der Waals surface area contributed by atoms with Crippen LogP contribution in [0.1, 0.15) is 51.3 Å². The highest BCUT2D eigenvalue weighted by Crippen LogP contribution is 2.28. The molecule has 2 saturated heterocycles. The Labute approximate surface area is 311 Å². The Morgan fingerprint density at radius 2 is 1.60 bits per heavy atom. The van der Waals surface area contributed by atoms with E-state index in [2.05, 4.69) is 20.5 Å². The van der Waals surface area contributed by atoms with Crippen molar-refractivity contribution < 1.29 is 38.4 Å². The number of hydrogen-bond donors (Lipinski definition) is 4. The average molecular weight is 747 g/mol. The van der Waals surface area contributed by atoms with Crippen molar-refractivity contribution in [3.63, 3.8) is 0 Å². The van der Waals surface area contributed by atoms with Gasteiger partial charge in [-0.3, -0.25) is 14.4 Å². The summed E-state index contributed by atoms with van der Waals surface area (Å²) in [5, 5.41) is 16.2. The van der Waals surface area contributed by atoms with Crippen molar-refractivity contribution in [1.82, 2.24) is 25.4 Å². The Kier molecular flexibility index (Phi) is 16.9. The van der Waals surface area contributed by atoms with Crippen LogP contribution in [0.5, 0.6) is 0 Å². The molecule has 1 aromatic carbocycles. The predicted octanol–water partition coefficient (Wildman–Crippen LogP) is 1.72. The molecule has 1 aromatic heterocycles. The minimum absolute atomic E-state index is 0.00152. The smallest absolute Gasteiger partial charge is 0.246 e. The van der Waals surface area contributed by atoms with E-state index in [1.54, 1.807) is 11.3 Å². The molecule has 0 bridgehead atoms. The number of β-amino-alcohol motifs (C(OH)–C–C–N with tert-alkyl or cyclic N) is 1. The maximum absolute atomic E-state index is 13.8. The van der Waals surface area contributed by atoms with Gasteiger partial charge in [0.25, 0.3) is 0 Å². The quantitative estimate of drug-likeness (QED) is 0.145. The molecule has 3 unspecified atom stereocenters. The summed E-state index contributed by atoms with van der Waals surface area (Å²) in [4.78, 5) is 49.1. The van der Waals surface area contributed by atoms with E-state index in [9.17, 15) is 19.5 Å². The summed E-state index contributed by atoms with van der Waals surface area (Å²) in [6.45, 7) is 13.5. The van der Waals surface area contributed by atoms with Gasteiger partial charge in [0.05, 0.1) is 68.4 Å². The number of nitrogens with one attached hydrogen (secondary N) is 2. The molecule has 0 spiro atoms. The average Bonchev–Trinajstić information content (AvgIpc) is 3.73. The van der Waals surface area contributed by atoms with Gasteiger partial charge in [-0.15, -0.1) is 11.3 Å². The van der Waals surface area contributed by atoms with Gasteiger partial charge in [0.2, 0.25) is 17.7 Å². The maximum Gasteiger partial charge on any atom is 0.246 e. The highest BCUT2D eigenvalue weighted by atomic mass is 32.1. The van der Waals surface area contributed by atoms with Gasteiger partial charge in [0.1, 0.15) is 18.7 Å². The molecule has 15 heteroatoms.